The molecule has 0 aliphatic rings. The van der Waals surface area contributed by atoms with Crippen LogP contribution in [0.5, 0.6) is 0 Å². The number of carbonyl (C=O) groups excluding carboxylic acids is 2. The maximum Gasteiger partial charge on any atom is 0.220 e. The zero-order valence-corrected chi connectivity index (χ0v) is 19.6. The van der Waals surface area contributed by atoms with Gasteiger partial charge >= 0.3 is 0 Å². The Balaban J connectivity index is 2.32. The van der Waals surface area contributed by atoms with Gasteiger partial charge in [-0.1, -0.05) is 25.1 Å². The third-order valence-electron chi connectivity index (χ3n) is 5.61. The second-order valence-corrected chi connectivity index (χ2v) is 8.09. The summed E-state index contributed by atoms with van der Waals surface area (Å²) in [5.41, 5.74) is 5.27. The molecule has 0 radical (unpaired) electrons. The number of ketones is 1. The summed E-state index contributed by atoms with van der Waals surface area (Å²) in [6, 6.07) is 8.65. The highest BCUT2D eigenvalue weighted by Crippen LogP contribution is 2.36. The fourth-order valence-electron chi connectivity index (χ4n) is 3.70. The number of benzene rings is 1. The van der Waals surface area contributed by atoms with Crippen molar-refractivity contribution in [2.75, 3.05) is 20.8 Å². The Morgan fingerprint density at radius 2 is 1.97 bits per heavy atom. The van der Waals surface area contributed by atoms with Gasteiger partial charge in [0.25, 0.3) is 0 Å². The van der Waals surface area contributed by atoms with E-state index >= 15 is 0 Å². The minimum Gasteiger partial charge on any atom is -0.370 e. The molecule has 2 aromatic heterocycles. The predicted molar refractivity (Wildman–Crippen MR) is 127 cm³/mol. The van der Waals surface area contributed by atoms with Crippen LogP contribution < -0.4 is 5.73 Å². The van der Waals surface area contributed by atoms with Crippen molar-refractivity contribution in [1.82, 2.24) is 14.5 Å². The zero-order valence-electron chi connectivity index (χ0n) is 19.6. The van der Waals surface area contributed by atoms with Gasteiger partial charge in [0.2, 0.25) is 5.95 Å². The number of guanidine groups is 1. The maximum absolute atomic E-state index is 14.4. The average molecular weight is 486 g/mol. The molecule has 0 fully saturated rings. The Labute approximate surface area is 201 Å². The van der Waals surface area contributed by atoms with Gasteiger partial charge in [-0.05, 0) is 29.3 Å². The van der Waals surface area contributed by atoms with E-state index < -0.39 is 24.0 Å². The SMILES string of the molecule is CCC(=O)c1cc(C(C=O)(N=C(N)N(C)C)c2cccc(-c3cc(F)cnc3F)c2)cn1CCF. The summed E-state index contributed by atoms with van der Waals surface area (Å²) in [4.78, 5) is 34.7. The van der Waals surface area contributed by atoms with Gasteiger partial charge in [0.15, 0.2) is 23.6 Å². The van der Waals surface area contributed by atoms with Gasteiger partial charge in [0.1, 0.15) is 12.5 Å². The monoisotopic (exact) mass is 485 g/mol. The normalized spacial score (nSPS) is 13.4. The van der Waals surface area contributed by atoms with Gasteiger partial charge in [-0.25, -0.2) is 18.8 Å². The number of aromatic nitrogens is 2. The third kappa shape index (κ3) is 5.11. The summed E-state index contributed by atoms with van der Waals surface area (Å²) in [6.07, 6.45) is 2.98. The average Bonchev–Trinajstić information content (AvgIpc) is 3.28. The van der Waals surface area contributed by atoms with Crippen LogP contribution in [0.2, 0.25) is 0 Å². The first-order valence-corrected chi connectivity index (χ1v) is 10.9. The second-order valence-electron chi connectivity index (χ2n) is 8.09. The van der Waals surface area contributed by atoms with E-state index in [-0.39, 0.29) is 52.7 Å². The van der Waals surface area contributed by atoms with Crippen LogP contribution in [0.3, 0.4) is 0 Å². The molecule has 0 saturated heterocycles. The van der Waals surface area contributed by atoms with Crippen LogP contribution in [-0.2, 0) is 16.9 Å². The second kappa shape index (κ2) is 10.5. The summed E-state index contributed by atoms with van der Waals surface area (Å²) < 4.78 is 42.9. The van der Waals surface area contributed by atoms with E-state index in [9.17, 15) is 22.8 Å². The first kappa shape index (κ1) is 25.7. The van der Waals surface area contributed by atoms with Gasteiger partial charge in [-0.15, -0.1) is 0 Å². The summed E-state index contributed by atoms with van der Waals surface area (Å²) in [7, 11) is 3.28. The lowest BCUT2D eigenvalue weighted by Gasteiger charge is -2.26. The molecule has 1 atom stereocenters. The number of carbonyl (C=O) groups is 2. The van der Waals surface area contributed by atoms with Gasteiger partial charge < -0.3 is 15.2 Å². The Bertz CT molecular complexity index is 1270. The number of nitrogens with two attached hydrogens (primary N) is 1. The Hall–Kier alpha value is -3.95. The number of Topliss-reactive ketones (excluding diaryl/α,β-unsaturated/α-hetero) is 1. The standard InChI is InChI=1S/C25H26F3N5O2/c1-4-22(35)21-11-18(14-33(21)9-8-26)25(15-34,31-24(29)32(2)3)17-7-5-6-16(10-17)20-12-19(27)13-30-23(20)28/h5-7,10-15H,4,8-9H2,1-3H3,(H2,29,31). The highest BCUT2D eigenvalue weighted by Gasteiger charge is 2.37. The Kier molecular flexibility index (Phi) is 7.73. The number of halogens is 3. The topological polar surface area (TPSA) is 93.6 Å². The highest BCUT2D eigenvalue weighted by molar-refractivity contribution is 5.95. The molecule has 7 nitrogen and oxygen atoms in total. The van der Waals surface area contributed by atoms with E-state index in [0.29, 0.717) is 6.29 Å². The molecular weight excluding hydrogens is 459 g/mol. The number of hydrogen-bond donors (Lipinski definition) is 1. The van der Waals surface area contributed by atoms with Crippen molar-refractivity contribution < 1.29 is 22.8 Å². The molecular formula is C25H26F3N5O2. The third-order valence-corrected chi connectivity index (χ3v) is 5.61. The summed E-state index contributed by atoms with van der Waals surface area (Å²) in [6.45, 7) is 0.856. The van der Waals surface area contributed by atoms with Crippen LogP contribution in [0, 0.1) is 11.8 Å². The van der Waals surface area contributed by atoms with Crippen LogP contribution in [0.25, 0.3) is 11.1 Å². The molecule has 0 aliphatic carbocycles. The molecule has 0 aliphatic heterocycles. The lowest BCUT2D eigenvalue weighted by Crippen LogP contribution is -2.37. The molecule has 35 heavy (non-hydrogen) atoms. The van der Waals surface area contributed by atoms with Crippen LogP contribution in [-0.4, -0.2) is 53.2 Å². The molecule has 184 valence electrons. The number of alkyl halides is 1. The quantitative estimate of drug-likeness (QED) is 0.164. The Morgan fingerprint density at radius 1 is 1.23 bits per heavy atom. The number of aliphatic imine (C=N–C) groups is 1. The summed E-state index contributed by atoms with van der Waals surface area (Å²) >= 11 is 0. The van der Waals surface area contributed by atoms with Crippen LogP contribution in [0.1, 0.15) is 35.0 Å². The summed E-state index contributed by atoms with van der Waals surface area (Å²) in [5.74, 6) is -1.85. The number of aldehydes is 1. The largest absolute Gasteiger partial charge is 0.370 e. The van der Waals surface area contributed by atoms with Crippen molar-refractivity contribution >= 4 is 18.0 Å². The molecule has 0 amide bonds. The number of pyridine rings is 1. The van der Waals surface area contributed by atoms with Crippen molar-refractivity contribution in [2.24, 2.45) is 10.7 Å². The molecule has 1 aromatic carbocycles. The van der Waals surface area contributed by atoms with E-state index in [2.05, 4.69) is 9.98 Å². The van der Waals surface area contributed by atoms with Gasteiger partial charge in [0, 0.05) is 37.8 Å². The van der Waals surface area contributed by atoms with E-state index in [1.165, 1.54) is 33.9 Å². The lowest BCUT2D eigenvalue weighted by atomic mass is 9.84. The fourth-order valence-corrected chi connectivity index (χ4v) is 3.70. The Morgan fingerprint density at radius 3 is 2.60 bits per heavy atom. The molecule has 3 aromatic rings. The molecule has 3 rings (SSSR count). The van der Waals surface area contributed by atoms with E-state index in [1.54, 1.807) is 33.2 Å². The minimum atomic E-state index is -1.76. The number of hydrogen-bond acceptors (Lipinski definition) is 4. The van der Waals surface area contributed by atoms with Crippen molar-refractivity contribution in [3.63, 3.8) is 0 Å². The number of aryl methyl sites for hydroxylation is 1. The predicted octanol–water partition coefficient (Wildman–Crippen LogP) is 3.71. The molecule has 0 bridgehead atoms. The lowest BCUT2D eigenvalue weighted by molar-refractivity contribution is -0.111. The van der Waals surface area contributed by atoms with Gasteiger partial charge in [0.05, 0.1) is 18.4 Å². The van der Waals surface area contributed by atoms with Crippen LogP contribution >= 0.6 is 0 Å². The number of nitrogens with zero attached hydrogens (tertiary/aromatic N) is 4. The van der Waals surface area contributed by atoms with Crippen molar-refractivity contribution in [3.05, 3.63) is 77.4 Å². The van der Waals surface area contributed by atoms with Crippen molar-refractivity contribution in [3.8, 4) is 11.1 Å². The molecule has 2 heterocycles. The molecule has 1 unspecified atom stereocenters. The van der Waals surface area contributed by atoms with E-state index in [1.807, 2.05) is 0 Å². The zero-order chi connectivity index (χ0) is 25.8. The minimum absolute atomic E-state index is 0.00251. The maximum atomic E-state index is 14.4. The smallest absolute Gasteiger partial charge is 0.220 e. The highest BCUT2D eigenvalue weighted by atomic mass is 19.1. The summed E-state index contributed by atoms with van der Waals surface area (Å²) in [5, 5.41) is 0. The van der Waals surface area contributed by atoms with E-state index in [4.69, 9.17) is 5.73 Å². The fraction of sp³-hybridized carbons (Fsp3) is 0.280. The van der Waals surface area contributed by atoms with Crippen molar-refractivity contribution in [2.45, 2.75) is 25.4 Å². The van der Waals surface area contributed by atoms with Crippen molar-refractivity contribution in [1.29, 1.82) is 0 Å². The first-order valence-electron chi connectivity index (χ1n) is 10.9. The van der Waals surface area contributed by atoms with Crippen LogP contribution in [0.4, 0.5) is 13.2 Å². The van der Waals surface area contributed by atoms with E-state index in [0.717, 1.165) is 12.3 Å². The molecule has 0 saturated carbocycles. The molecule has 2 N–H and O–H groups in total. The van der Waals surface area contributed by atoms with Crippen LogP contribution in [0.15, 0.2) is 53.8 Å². The van der Waals surface area contributed by atoms with Gasteiger partial charge in [-0.2, -0.15) is 4.39 Å². The first-order chi connectivity index (χ1) is 16.7. The van der Waals surface area contributed by atoms with Gasteiger partial charge in [-0.3, -0.25) is 9.59 Å². The molecule has 0 spiro atoms. The molecule has 10 heteroatoms. The number of rotatable bonds is 9.